The Kier molecular flexibility index (Phi) is 57.1. The SMILES string of the molecule is CCCN(CCC)C(=O)C1=Cc2ccc(C(=O)Nc3cnc4c(c3)CN(C(=O)OCc3ccc(NC(=O)[C@H](CCCNC(N)=O)NC(=O)[C@@H](NC(=O)CCOCCOCCNC(=O)CCc5ccc(N6C(=O)C=CC6=O)cc5C(=O)NCC(=O)NCC(=O)NCCOCCOCCOCCOCCOCCOCCOCCOCCOCCOCCOCCOCCC(=O)O)C(C)C)cc3)CC4)cc2N=C(N)C1. The van der Waals surface area contributed by atoms with Crippen molar-refractivity contribution >= 4 is 118 Å². The van der Waals surface area contributed by atoms with E-state index in [0.717, 1.165) is 35.6 Å². The number of aliphatic imine (C=N–C) groups is 1. The summed E-state index contributed by atoms with van der Waals surface area (Å²) in [4.78, 5) is 194. The number of nitrogens with one attached hydrogen (secondary N) is 9. The van der Waals surface area contributed by atoms with Gasteiger partial charge in [-0.2, -0.15) is 0 Å². The number of hydrogen-bond acceptors (Lipinski definition) is 32. The zero-order valence-corrected chi connectivity index (χ0v) is 82.0. The van der Waals surface area contributed by atoms with Crippen molar-refractivity contribution in [1.29, 1.82) is 0 Å². The maximum atomic E-state index is 13.9. The summed E-state index contributed by atoms with van der Waals surface area (Å²) in [6.45, 7) is 17.5. The number of urea groups is 1. The number of amides is 14. The molecule has 3 aromatic carbocycles. The van der Waals surface area contributed by atoms with Crippen LogP contribution in [0.4, 0.5) is 32.3 Å². The average Bonchev–Trinajstić information content (AvgIpc) is 1.69. The molecule has 3 aliphatic rings. The van der Waals surface area contributed by atoms with Gasteiger partial charge >= 0.3 is 18.1 Å². The van der Waals surface area contributed by atoms with Gasteiger partial charge in [0, 0.05) is 111 Å². The van der Waals surface area contributed by atoms with Gasteiger partial charge in [-0.25, -0.2) is 19.5 Å². The van der Waals surface area contributed by atoms with Crippen molar-refractivity contribution in [2.75, 3.05) is 253 Å². The van der Waals surface area contributed by atoms with Crippen molar-refractivity contribution in [1.82, 2.24) is 52.0 Å². The van der Waals surface area contributed by atoms with Gasteiger partial charge < -0.3 is 145 Å². The Morgan fingerprint density at radius 3 is 1.57 bits per heavy atom. The molecule has 0 saturated heterocycles. The van der Waals surface area contributed by atoms with Crippen LogP contribution < -0.4 is 64.2 Å². The van der Waals surface area contributed by atoms with Crippen LogP contribution in [0.1, 0.15) is 128 Å². The Morgan fingerprint density at radius 1 is 0.517 bits per heavy atom. The number of amidine groups is 1. The molecule has 14 amide bonds. The fourth-order valence-corrected chi connectivity index (χ4v) is 13.9. The Bertz CT molecular complexity index is 4750. The predicted octanol–water partition coefficient (Wildman–Crippen LogP) is 2.70. The highest BCUT2D eigenvalue weighted by Crippen LogP contribution is 2.31. The number of nitrogens with zero attached hydrogens (tertiary/aromatic N) is 5. The first-order chi connectivity index (χ1) is 69.3. The fourth-order valence-electron chi connectivity index (χ4n) is 13.9. The topological polar surface area (TPSA) is 593 Å². The third kappa shape index (κ3) is 48.0. The van der Waals surface area contributed by atoms with Gasteiger partial charge in [0.2, 0.25) is 41.4 Å². The van der Waals surface area contributed by atoms with Gasteiger partial charge in [-0.15, -0.1) is 0 Å². The van der Waals surface area contributed by atoms with E-state index in [0.29, 0.717) is 209 Å². The second-order valence-corrected chi connectivity index (χ2v) is 32.8. The van der Waals surface area contributed by atoms with Crippen molar-refractivity contribution in [3.05, 3.63) is 130 Å². The van der Waals surface area contributed by atoms with Gasteiger partial charge in [-0.1, -0.05) is 52.0 Å². The number of imide groups is 1. The van der Waals surface area contributed by atoms with Gasteiger partial charge in [0.15, 0.2) is 0 Å². The first-order valence-corrected chi connectivity index (χ1v) is 48.1. The normalized spacial score (nSPS) is 13.1. The van der Waals surface area contributed by atoms with Gasteiger partial charge in [0.1, 0.15) is 24.5 Å². The number of carbonyl (C=O) groups is 14. The molecule has 0 bridgehead atoms. The van der Waals surface area contributed by atoms with Crippen molar-refractivity contribution < 1.29 is 143 Å². The number of hydrogen-bond donors (Lipinski definition) is 12. The van der Waals surface area contributed by atoms with Crippen LogP contribution in [0.3, 0.4) is 0 Å². The van der Waals surface area contributed by atoms with Crippen LogP contribution in [0.15, 0.2) is 95.6 Å². The molecule has 143 heavy (non-hydrogen) atoms. The molecular weight excluding hydrogens is 1870 g/mol. The largest absolute Gasteiger partial charge is 0.481 e. The first kappa shape index (κ1) is 118. The number of benzene rings is 3. The molecule has 7 rings (SSSR count). The number of nitrogens with two attached hydrogens (primary N) is 2. The van der Waals surface area contributed by atoms with E-state index in [4.69, 9.17) is 87.6 Å². The Hall–Kier alpha value is -12.4. The van der Waals surface area contributed by atoms with Gasteiger partial charge in [-0.3, -0.25) is 62.5 Å². The molecular formula is C97H140N16O30. The predicted molar refractivity (Wildman–Crippen MR) is 521 cm³/mol. The van der Waals surface area contributed by atoms with E-state index in [1.54, 1.807) is 74.7 Å². The molecule has 0 spiro atoms. The number of pyridine rings is 1. The van der Waals surface area contributed by atoms with Crippen molar-refractivity contribution in [3.8, 4) is 0 Å². The van der Waals surface area contributed by atoms with E-state index >= 15 is 0 Å². The number of aryl methyl sites for hydroxylation is 1. The molecule has 0 radical (unpaired) electrons. The summed E-state index contributed by atoms with van der Waals surface area (Å²) < 4.78 is 82.4. The minimum Gasteiger partial charge on any atom is -0.481 e. The van der Waals surface area contributed by atoms with E-state index in [9.17, 15) is 67.1 Å². The zero-order chi connectivity index (χ0) is 103. The summed E-state index contributed by atoms with van der Waals surface area (Å²) in [6, 6.07) is 14.5. The van der Waals surface area contributed by atoms with Gasteiger partial charge in [0.25, 0.3) is 23.6 Å². The van der Waals surface area contributed by atoms with E-state index in [1.807, 2.05) is 18.7 Å². The molecule has 4 heterocycles. The minimum atomic E-state index is -1.14. The lowest BCUT2D eigenvalue weighted by Crippen LogP contribution is -2.54. The molecule has 4 aromatic rings. The standard InChI is InChI=1S/C97H140N16O30/c1-5-27-111(28-6-2)95(126)73-58-71-11-12-72(60-81(71)108-82(98)61-73)91(122)107-76-59-74-66-112(29-21-79(74)103-63-76)97(128)143-67-69-9-15-75(16-10-69)106-93(124)80(8-7-24-102-96(99)127)109-94(125)90(68(3)4)110-84(115)22-30-129-34-36-131-32-25-100-83(114)18-14-70-13-17-77(113-87(118)19-20-88(113)119)62-78(70)92(123)105-65-86(117)104-64-85(116)101-26-33-132-37-39-134-41-43-136-45-47-138-49-51-140-53-55-142-57-56-141-54-52-139-50-48-137-46-44-135-42-40-133-38-35-130-31-23-89(120)121/h9-13,15-17,19-20,58-60,62-63,68,80,90H,5-8,14,18,21-57,61,64-67H2,1-4H3,(H2,98,108)(H,100,114)(H,101,116)(H,104,117)(H,105,123)(H,106,124)(H,107,122)(H,109,125)(H,110,115)(H,120,121)(H3,99,102,127)/t80-,90-/m0/s1. The van der Waals surface area contributed by atoms with Crippen LogP contribution in [-0.2, 0) is 145 Å². The van der Waals surface area contributed by atoms with E-state index in [1.165, 1.54) is 23.1 Å². The van der Waals surface area contributed by atoms with E-state index in [-0.39, 0.29) is 154 Å². The molecule has 1 aromatic heterocycles. The van der Waals surface area contributed by atoms with Crippen LogP contribution in [0.5, 0.6) is 0 Å². The summed E-state index contributed by atoms with van der Waals surface area (Å²) in [5, 5.41) is 32.5. The number of ether oxygens (including phenoxy) is 15. The monoisotopic (exact) mass is 2010 g/mol. The highest BCUT2D eigenvalue weighted by Gasteiger charge is 2.32. The lowest BCUT2D eigenvalue weighted by atomic mass is 10.0. The number of aromatic nitrogens is 1. The number of fused-ring (bicyclic) bond motifs is 2. The van der Waals surface area contributed by atoms with E-state index in [2.05, 4.69) is 57.8 Å². The fraction of sp³-hybridized carbons (Fsp3) is 0.567. The number of aliphatic carboxylic acids is 1. The number of carbonyl (C=O) groups excluding carboxylic acids is 13. The molecule has 788 valence electrons. The quantitative estimate of drug-likeness (QED) is 0.0223. The van der Waals surface area contributed by atoms with Crippen LogP contribution in [-0.4, -0.2) is 358 Å². The molecule has 3 aliphatic heterocycles. The number of anilines is 3. The molecule has 46 nitrogen and oxygen atoms in total. The summed E-state index contributed by atoms with van der Waals surface area (Å²) >= 11 is 0. The molecule has 0 saturated carbocycles. The summed E-state index contributed by atoms with van der Waals surface area (Å²) in [5.41, 5.74) is 16.8. The Labute approximate surface area is 831 Å². The van der Waals surface area contributed by atoms with Crippen molar-refractivity contribution in [3.63, 3.8) is 0 Å². The smallest absolute Gasteiger partial charge is 0.410 e. The molecule has 2 atom stereocenters. The number of primary amides is 1. The van der Waals surface area contributed by atoms with Gasteiger partial charge in [0.05, 0.1) is 234 Å². The third-order valence-corrected chi connectivity index (χ3v) is 21.2. The maximum absolute atomic E-state index is 13.9. The third-order valence-electron chi connectivity index (χ3n) is 21.2. The molecule has 0 fully saturated rings. The molecule has 46 heteroatoms. The first-order valence-electron chi connectivity index (χ1n) is 48.1. The van der Waals surface area contributed by atoms with Gasteiger partial charge in [-0.05, 0) is 103 Å². The lowest BCUT2D eigenvalue weighted by molar-refractivity contribution is -0.138. The summed E-state index contributed by atoms with van der Waals surface area (Å²) in [7, 11) is 0. The molecule has 14 N–H and O–H groups in total. The highest BCUT2D eigenvalue weighted by atomic mass is 16.6. The summed E-state index contributed by atoms with van der Waals surface area (Å²) in [5.74, 6) is -7.04. The zero-order valence-electron chi connectivity index (χ0n) is 82.0. The Balaban J connectivity index is 0.690. The maximum Gasteiger partial charge on any atom is 0.410 e. The second-order valence-electron chi connectivity index (χ2n) is 32.8. The van der Waals surface area contributed by atoms with Crippen LogP contribution in [0.2, 0.25) is 0 Å². The molecule has 0 aliphatic carbocycles. The number of carboxylic acid groups (broad SMARTS) is 1. The summed E-state index contributed by atoms with van der Waals surface area (Å²) in [6.07, 6.45) is 7.18. The second kappa shape index (κ2) is 69.5. The Morgan fingerprint density at radius 2 is 1.03 bits per heavy atom. The van der Waals surface area contributed by atoms with Crippen LogP contribution >= 0.6 is 0 Å². The van der Waals surface area contributed by atoms with Crippen molar-refractivity contribution in [2.45, 2.75) is 117 Å². The average molecular weight is 2010 g/mol. The minimum absolute atomic E-state index is 0.0213. The van der Waals surface area contributed by atoms with E-state index < -0.39 is 108 Å². The lowest BCUT2D eigenvalue weighted by Gasteiger charge is -2.28. The number of rotatable bonds is 76. The highest BCUT2D eigenvalue weighted by molar-refractivity contribution is 6.28. The molecule has 0 unspecified atom stereocenters. The van der Waals surface area contributed by atoms with Crippen LogP contribution in [0.25, 0.3) is 6.08 Å². The number of carboxylic acids is 1. The van der Waals surface area contributed by atoms with Crippen LogP contribution in [0, 0.1) is 5.92 Å². The van der Waals surface area contributed by atoms with Crippen molar-refractivity contribution in [2.24, 2.45) is 22.4 Å².